The van der Waals surface area contributed by atoms with Crippen molar-refractivity contribution in [3.63, 3.8) is 0 Å². The van der Waals surface area contributed by atoms with Crippen LogP contribution in [0.15, 0.2) is 79.0 Å². The van der Waals surface area contributed by atoms with Crippen LogP contribution in [0, 0.1) is 11.6 Å². The number of nitrogens with zero attached hydrogens (tertiary/aromatic N) is 1. The number of nitrogens with one attached hydrogen (secondary N) is 2. The summed E-state index contributed by atoms with van der Waals surface area (Å²) in [4.78, 5) is 30.1. The Morgan fingerprint density at radius 1 is 0.972 bits per heavy atom. The van der Waals surface area contributed by atoms with Gasteiger partial charge in [-0.05, 0) is 36.6 Å². The van der Waals surface area contributed by atoms with Crippen LogP contribution in [-0.2, 0) is 24.2 Å². The summed E-state index contributed by atoms with van der Waals surface area (Å²) in [6.45, 7) is 1.30. The van der Waals surface area contributed by atoms with Crippen LogP contribution in [0.25, 0.3) is 10.9 Å². The highest BCUT2D eigenvalue weighted by molar-refractivity contribution is 5.91. The Labute approximate surface area is 207 Å². The summed E-state index contributed by atoms with van der Waals surface area (Å²) in [5.41, 5.74) is 0.828. The molecule has 0 saturated carbocycles. The van der Waals surface area contributed by atoms with Crippen LogP contribution in [0.2, 0.25) is 0 Å². The third-order valence-electron chi connectivity index (χ3n) is 6.43. The van der Waals surface area contributed by atoms with Crippen molar-refractivity contribution in [1.82, 2.24) is 15.2 Å². The number of amides is 2. The minimum absolute atomic E-state index is 0.0252. The van der Waals surface area contributed by atoms with Gasteiger partial charge in [0.2, 0.25) is 5.91 Å². The normalized spacial score (nSPS) is 12.8. The van der Waals surface area contributed by atoms with Crippen molar-refractivity contribution in [2.75, 3.05) is 6.54 Å². The van der Waals surface area contributed by atoms with E-state index in [2.05, 4.69) is 10.3 Å². The summed E-state index contributed by atoms with van der Waals surface area (Å²) in [5, 5.41) is 13.9. The van der Waals surface area contributed by atoms with Gasteiger partial charge in [-0.3, -0.25) is 9.69 Å². The van der Waals surface area contributed by atoms with Gasteiger partial charge in [-0.25, -0.2) is 13.6 Å². The summed E-state index contributed by atoms with van der Waals surface area (Å²) >= 11 is 0. The van der Waals surface area contributed by atoms with E-state index in [1.807, 2.05) is 54.6 Å². The second-order valence-corrected chi connectivity index (χ2v) is 8.88. The minimum Gasteiger partial charge on any atom is -0.465 e. The second-order valence-electron chi connectivity index (χ2n) is 8.88. The molecule has 4 rings (SSSR count). The van der Waals surface area contributed by atoms with Crippen molar-refractivity contribution < 1.29 is 23.5 Å². The number of fused-ring (bicyclic) bond motifs is 1. The van der Waals surface area contributed by atoms with Crippen molar-refractivity contribution in [2.24, 2.45) is 0 Å². The van der Waals surface area contributed by atoms with Crippen LogP contribution < -0.4 is 5.32 Å². The van der Waals surface area contributed by atoms with Gasteiger partial charge in [0, 0.05) is 35.6 Å². The molecule has 1 atom stereocenters. The molecule has 2 amide bonds. The number of hydrogen-bond acceptors (Lipinski definition) is 2. The minimum atomic E-state index is -1.62. The van der Waals surface area contributed by atoms with E-state index in [1.165, 1.54) is 19.1 Å². The van der Waals surface area contributed by atoms with E-state index in [0.717, 1.165) is 33.0 Å². The zero-order valence-corrected chi connectivity index (χ0v) is 19.8. The number of carboxylic acid groups (broad SMARTS) is 1. The Bertz CT molecular complexity index is 1370. The number of aromatic nitrogens is 1. The molecule has 0 aliphatic heterocycles. The highest BCUT2D eigenvalue weighted by Gasteiger charge is 2.43. The molecule has 4 aromatic rings. The fourth-order valence-electron chi connectivity index (χ4n) is 4.40. The van der Waals surface area contributed by atoms with Crippen LogP contribution in [0.4, 0.5) is 13.6 Å². The van der Waals surface area contributed by atoms with E-state index in [0.29, 0.717) is 6.42 Å². The molecule has 186 valence electrons. The molecule has 1 aromatic heterocycles. The lowest BCUT2D eigenvalue weighted by atomic mass is 9.89. The average Bonchev–Trinajstić information content (AvgIpc) is 3.27. The van der Waals surface area contributed by atoms with Crippen molar-refractivity contribution in [3.8, 4) is 0 Å². The number of hydrogen-bond donors (Lipinski definition) is 3. The van der Waals surface area contributed by atoms with Crippen molar-refractivity contribution in [2.45, 2.75) is 31.8 Å². The van der Waals surface area contributed by atoms with Crippen LogP contribution in [0.5, 0.6) is 0 Å². The van der Waals surface area contributed by atoms with E-state index in [1.54, 1.807) is 6.20 Å². The molecule has 0 aliphatic carbocycles. The summed E-state index contributed by atoms with van der Waals surface area (Å²) in [5.74, 6) is -2.74. The maximum absolute atomic E-state index is 14.5. The Morgan fingerprint density at radius 3 is 2.44 bits per heavy atom. The smallest absolute Gasteiger partial charge is 0.408 e. The number of benzene rings is 3. The largest absolute Gasteiger partial charge is 0.465 e. The van der Waals surface area contributed by atoms with Gasteiger partial charge in [0.15, 0.2) is 11.6 Å². The number of rotatable bonds is 9. The number of carbonyl (C=O) groups excluding carboxylic acids is 1. The zero-order valence-electron chi connectivity index (χ0n) is 19.8. The van der Waals surface area contributed by atoms with Crippen LogP contribution in [-0.4, -0.2) is 39.1 Å². The second kappa shape index (κ2) is 10.6. The Hall–Kier alpha value is -4.20. The lowest BCUT2D eigenvalue weighted by molar-refractivity contribution is -0.132. The average molecular weight is 492 g/mol. The molecule has 0 aliphatic rings. The van der Waals surface area contributed by atoms with Crippen LogP contribution in [0.3, 0.4) is 0 Å². The molecule has 0 saturated heterocycles. The number of aromatic amines is 1. The maximum atomic E-state index is 14.5. The Kier molecular flexibility index (Phi) is 7.33. The zero-order chi connectivity index (χ0) is 25.7. The molecule has 0 radical (unpaired) electrons. The summed E-state index contributed by atoms with van der Waals surface area (Å²) in [6.07, 6.45) is 0.904. The highest BCUT2D eigenvalue weighted by atomic mass is 19.2. The Balaban J connectivity index is 1.67. The molecule has 1 heterocycles. The van der Waals surface area contributed by atoms with Gasteiger partial charge in [-0.15, -0.1) is 0 Å². The number of H-pyrrole nitrogens is 1. The summed E-state index contributed by atoms with van der Waals surface area (Å²) < 4.78 is 28.4. The van der Waals surface area contributed by atoms with Gasteiger partial charge in [0.05, 0.1) is 6.54 Å². The number of para-hydroxylation sites is 1. The highest BCUT2D eigenvalue weighted by Crippen LogP contribution is 2.29. The molecule has 8 heteroatoms. The molecule has 6 nitrogen and oxygen atoms in total. The van der Waals surface area contributed by atoms with Crippen molar-refractivity contribution in [1.29, 1.82) is 0 Å². The standard InChI is InChI=1S/C28H27F2N3O3/c1-28(16-21-17-32-24-13-6-5-11-22(21)24,26(34)31-15-14-19-8-3-2-4-9-19)33(27(35)36)18-20-10-7-12-23(29)25(20)30/h2-13,17,32H,14-16,18H2,1H3,(H,31,34)(H,35,36)/t28-/m1/s1. The third-order valence-corrected chi connectivity index (χ3v) is 6.43. The first kappa shape index (κ1) is 24.9. The molecule has 36 heavy (non-hydrogen) atoms. The topological polar surface area (TPSA) is 85.4 Å². The van der Waals surface area contributed by atoms with Gasteiger partial charge >= 0.3 is 6.09 Å². The predicted molar refractivity (Wildman–Crippen MR) is 133 cm³/mol. The fraction of sp³-hybridized carbons (Fsp3) is 0.214. The molecule has 3 N–H and O–H groups in total. The third kappa shape index (κ3) is 5.22. The maximum Gasteiger partial charge on any atom is 0.408 e. The molecule has 0 spiro atoms. The lowest BCUT2D eigenvalue weighted by Crippen LogP contribution is -2.60. The fourth-order valence-corrected chi connectivity index (χ4v) is 4.40. The number of carbonyl (C=O) groups is 2. The number of halogens is 2. The van der Waals surface area contributed by atoms with Crippen LogP contribution >= 0.6 is 0 Å². The molecule has 3 aromatic carbocycles. The monoisotopic (exact) mass is 491 g/mol. The molecular weight excluding hydrogens is 464 g/mol. The van der Waals surface area contributed by atoms with E-state index in [-0.39, 0.29) is 18.5 Å². The first-order chi connectivity index (χ1) is 17.3. The van der Waals surface area contributed by atoms with Crippen molar-refractivity contribution >= 4 is 22.9 Å². The quantitative estimate of drug-likeness (QED) is 0.298. The molecule has 0 unspecified atom stereocenters. The lowest BCUT2D eigenvalue weighted by Gasteiger charge is -2.38. The predicted octanol–water partition coefficient (Wildman–Crippen LogP) is 5.29. The Morgan fingerprint density at radius 2 is 1.69 bits per heavy atom. The van der Waals surface area contributed by atoms with E-state index < -0.39 is 35.7 Å². The van der Waals surface area contributed by atoms with Gasteiger partial charge in [0.1, 0.15) is 5.54 Å². The van der Waals surface area contributed by atoms with E-state index >= 15 is 0 Å². The van der Waals surface area contributed by atoms with Gasteiger partial charge in [0.25, 0.3) is 0 Å². The molecular formula is C28H27F2N3O3. The van der Waals surface area contributed by atoms with Gasteiger partial charge in [-0.2, -0.15) is 0 Å². The molecule has 0 bridgehead atoms. The summed E-state index contributed by atoms with van der Waals surface area (Å²) in [7, 11) is 0. The van der Waals surface area contributed by atoms with E-state index in [9.17, 15) is 23.5 Å². The van der Waals surface area contributed by atoms with Crippen LogP contribution in [0.1, 0.15) is 23.6 Å². The van der Waals surface area contributed by atoms with E-state index in [4.69, 9.17) is 0 Å². The van der Waals surface area contributed by atoms with Crippen molar-refractivity contribution in [3.05, 3.63) is 107 Å². The van der Waals surface area contributed by atoms with Gasteiger partial charge < -0.3 is 15.4 Å². The first-order valence-corrected chi connectivity index (χ1v) is 11.6. The summed E-state index contributed by atoms with van der Waals surface area (Å²) in [6, 6.07) is 20.7. The first-order valence-electron chi connectivity index (χ1n) is 11.6. The SMILES string of the molecule is C[C@@](Cc1c[nH]c2ccccc12)(C(=O)NCCc1ccccc1)N(Cc1cccc(F)c1F)C(=O)O. The molecule has 0 fully saturated rings. The van der Waals surface area contributed by atoms with Gasteiger partial charge in [-0.1, -0.05) is 60.7 Å².